The molecule has 6 heteroatoms. The largest absolute Gasteiger partial charge is 0.411 e. The minimum absolute atomic E-state index is 0.298. The number of nitrogens with one attached hydrogen (secondary N) is 1. The Labute approximate surface area is 124 Å². The van der Waals surface area contributed by atoms with Gasteiger partial charge in [0, 0.05) is 21.9 Å². The molecule has 102 valence electrons. The fraction of sp³-hybridized carbons (Fsp3) is 0.0714. The van der Waals surface area contributed by atoms with Gasteiger partial charge in [-0.15, -0.1) is 0 Å². The number of rotatable bonds is 3. The first kappa shape index (κ1) is 14.2. The lowest BCUT2D eigenvalue weighted by molar-refractivity contribution is 0.102. The second kappa shape index (κ2) is 6.29. The highest BCUT2D eigenvalue weighted by Crippen LogP contribution is 2.13. The molecule has 0 atom stereocenters. The summed E-state index contributed by atoms with van der Waals surface area (Å²) < 4.78 is 0.811. The van der Waals surface area contributed by atoms with Gasteiger partial charge in [0.15, 0.2) is 0 Å². The summed E-state index contributed by atoms with van der Waals surface area (Å²) in [7, 11) is 0. The molecule has 0 bridgehead atoms. The molecule has 1 aromatic heterocycles. The van der Waals surface area contributed by atoms with Crippen molar-refractivity contribution in [2.75, 3.05) is 5.32 Å². The Bertz CT molecular complexity index is 654. The summed E-state index contributed by atoms with van der Waals surface area (Å²) in [6.07, 6.45) is 1.56. The number of hydrogen-bond donors (Lipinski definition) is 2. The average molecular weight is 334 g/mol. The number of benzene rings is 1. The molecule has 0 aliphatic carbocycles. The first-order valence-electron chi connectivity index (χ1n) is 5.82. The lowest BCUT2D eigenvalue weighted by atomic mass is 10.1. The molecule has 0 radical (unpaired) electrons. The number of anilines is 1. The summed E-state index contributed by atoms with van der Waals surface area (Å²) >= 11 is 3.26. The van der Waals surface area contributed by atoms with E-state index in [0.717, 1.165) is 10.0 Å². The highest BCUT2D eigenvalue weighted by Gasteiger charge is 2.08. The maximum atomic E-state index is 12.0. The molecule has 0 spiro atoms. The third kappa shape index (κ3) is 3.42. The van der Waals surface area contributed by atoms with E-state index >= 15 is 0 Å². The van der Waals surface area contributed by atoms with Crippen LogP contribution in [-0.2, 0) is 0 Å². The third-order valence-electron chi connectivity index (χ3n) is 2.65. The van der Waals surface area contributed by atoms with E-state index in [1.165, 1.54) is 0 Å². The summed E-state index contributed by atoms with van der Waals surface area (Å²) in [5.41, 5.74) is 2.14. The molecule has 2 aromatic rings. The zero-order valence-electron chi connectivity index (χ0n) is 10.7. The fourth-order valence-corrected chi connectivity index (χ4v) is 1.82. The molecular formula is C14H12BrN3O2. The van der Waals surface area contributed by atoms with Gasteiger partial charge in [-0.3, -0.25) is 4.79 Å². The van der Waals surface area contributed by atoms with Gasteiger partial charge in [-0.05, 0) is 47.1 Å². The van der Waals surface area contributed by atoms with E-state index < -0.39 is 0 Å². The lowest BCUT2D eigenvalue weighted by Gasteiger charge is -2.06. The van der Waals surface area contributed by atoms with Crippen molar-refractivity contribution >= 4 is 33.2 Å². The van der Waals surface area contributed by atoms with E-state index in [1.54, 1.807) is 49.5 Å². The number of halogens is 1. The molecule has 0 aliphatic rings. The summed E-state index contributed by atoms with van der Waals surface area (Å²) in [5, 5.41) is 14.6. The van der Waals surface area contributed by atoms with E-state index in [9.17, 15) is 4.79 Å². The third-order valence-corrected chi connectivity index (χ3v) is 3.12. The van der Waals surface area contributed by atoms with Crippen LogP contribution in [0.4, 0.5) is 5.69 Å². The smallest absolute Gasteiger partial charge is 0.274 e. The van der Waals surface area contributed by atoms with Crippen LogP contribution in [0.5, 0.6) is 0 Å². The van der Waals surface area contributed by atoms with Crippen molar-refractivity contribution in [2.45, 2.75) is 6.92 Å². The predicted molar refractivity (Wildman–Crippen MR) is 80.3 cm³/mol. The van der Waals surface area contributed by atoms with Crippen molar-refractivity contribution in [3.8, 4) is 0 Å². The number of nitrogens with zero attached hydrogens (tertiary/aromatic N) is 2. The molecule has 2 rings (SSSR count). The minimum atomic E-state index is -0.298. The van der Waals surface area contributed by atoms with E-state index in [4.69, 9.17) is 5.21 Å². The van der Waals surface area contributed by atoms with Gasteiger partial charge in [0.2, 0.25) is 0 Å². The molecule has 0 aliphatic heterocycles. The molecule has 1 aromatic carbocycles. The van der Waals surface area contributed by atoms with Gasteiger partial charge in [-0.1, -0.05) is 17.3 Å². The number of amides is 1. The van der Waals surface area contributed by atoms with E-state index in [1.807, 2.05) is 0 Å². The van der Waals surface area contributed by atoms with Crippen molar-refractivity contribution in [1.82, 2.24) is 4.98 Å². The van der Waals surface area contributed by atoms with Crippen LogP contribution in [0.3, 0.4) is 0 Å². The second-order valence-electron chi connectivity index (χ2n) is 4.08. The highest BCUT2D eigenvalue weighted by molar-refractivity contribution is 9.10. The van der Waals surface area contributed by atoms with Crippen molar-refractivity contribution in [2.24, 2.45) is 5.16 Å². The highest BCUT2D eigenvalue weighted by atomic mass is 79.9. The molecule has 1 heterocycles. The van der Waals surface area contributed by atoms with Crippen molar-refractivity contribution in [3.05, 3.63) is 58.3 Å². The molecule has 1 amide bonds. The van der Waals surface area contributed by atoms with Gasteiger partial charge < -0.3 is 10.5 Å². The Morgan fingerprint density at radius 3 is 2.80 bits per heavy atom. The summed E-state index contributed by atoms with van der Waals surface area (Å²) in [6, 6.07) is 10.4. The van der Waals surface area contributed by atoms with Crippen LogP contribution >= 0.6 is 15.9 Å². The molecule has 0 saturated heterocycles. The monoisotopic (exact) mass is 333 g/mol. The Morgan fingerprint density at radius 2 is 2.15 bits per heavy atom. The zero-order chi connectivity index (χ0) is 14.5. The first-order chi connectivity index (χ1) is 9.60. The lowest BCUT2D eigenvalue weighted by Crippen LogP contribution is -2.13. The van der Waals surface area contributed by atoms with E-state index in [2.05, 4.69) is 31.4 Å². The van der Waals surface area contributed by atoms with Crippen molar-refractivity contribution in [3.63, 3.8) is 0 Å². The number of oxime groups is 1. The molecule has 0 saturated carbocycles. The Morgan fingerprint density at radius 1 is 1.35 bits per heavy atom. The predicted octanol–water partition coefficient (Wildman–Crippen LogP) is 3.29. The average Bonchev–Trinajstić information content (AvgIpc) is 2.47. The molecule has 2 N–H and O–H groups in total. The summed E-state index contributed by atoms with van der Waals surface area (Å²) in [6.45, 7) is 1.68. The summed E-state index contributed by atoms with van der Waals surface area (Å²) in [5.74, 6) is -0.298. The van der Waals surface area contributed by atoms with E-state index in [-0.39, 0.29) is 5.91 Å². The van der Waals surface area contributed by atoms with Crippen LogP contribution in [0.2, 0.25) is 0 Å². The van der Waals surface area contributed by atoms with Gasteiger partial charge in [0.25, 0.3) is 5.91 Å². The van der Waals surface area contributed by atoms with Crippen molar-refractivity contribution < 1.29 is 10.0 Å². The van der Waals surface area contributed by atoms with Gasteiger partial charge in [0.1, 0.15) is 5.69 Å². The number of carbonyl (C=O) groups excluding carboxylic acids is 1. The van der Waals surface area contributed by atoms with Crippen LogP contribution in [-0.4, -0.2) is 21.8 Å². The van der Waals surface area contributed by atoms with Gasteiger partial charge in [-0.25, -0.2) is 4.98 Å². The van der Waals surface area contributed by atoms with Crippen LogP contribution in [0.15, 0.2) is 52.2 Å². The van der Waals surface area contributed by atoms with Crippen molar-refractivity contribution in [1.29, 1.82) is 0 Å². The zero-order valence-corrected chi connectivity index (χ0v) is 12.3. The number of aromatic nitrogens is 1. The molecule has 5 nitrogen and oxygen atoms in total. The standard InChI is InChI=1S/C14H12BrN3O2/c1-9(18-20)10-3-2-4-12(7-10)17-14(19)13-6-5-11(15)8-16-13/h2-8,20H,1H3,(H,17,19). The maximum Gasteiger partial charge on any atom is 0.274 e. The number of carbonyl (C=O) groups is 1. The van der Waals surface area contributed by atoms with Gasteiger partial charge in [0.05, 0.1) is 5.71 Å². The SMILES string of the molecule is CC(=NO)c1cccc(NC(=O)c2ccc(Br)cn2)c1. The Balaban J connectivity index is 2.17. The second-order valence-corrected chi connectivity index (χ2v) is 5.00. The molecule has 0 unspecified atom stereocenters. The molecule has 20 heavy (non-hydrogen) atoms. The summed E-state index contributed by atoms with van der Waals surface area (Å²) in [4.78, 5) is 16.0. The first-order valence-corrected chi connectivity index (χ1v) is 6.61. The quantitative estimate of drug-likeness (QED) is 0.514. The van der Waals surface area contributed by atoms with Crippen LogP contribution in [0.1, 0.15) is 23.0 Å². The molecular weight excluding hydrogens is 322 g/mol. The van der Waals surface area contributed by atoms with E-state index in [0.29, 0.717) is 17.1 Å². The topological polar surface area (TPSA) is 74.6 Å². The van der Waals surface area contributed by atoms with Crippen LogP contribution in [0.25, 0.3) is 0 Å². The Kier molecular flexibility index (Phi) is 4.47. The number of hydrogen-bond acceptors (Lipinski definition) is 4. The normalized spacial score (nSPS) is 11.2. The minimum Gasteiger partial charge on any atom is -0.411 e. The number of pyridine rings is 1. The van der Waals surface area contributed by atoms with Crippen LogP contribution in [0, 0.1) is 0 Å². The van der Waals surface area contributed by atoms with Crippen LogP contribution < -0.4 is 5.32 Å². The van der Waals surface area contributed by atoms with Gasteiger partial charge in [-0.2, -0.15) is 0 Å². The van der Waals surface area contributed by atoms with Gasteiger partial charge >= 0.3 is 0 Å². The Hall–Kier alpha value is -2.21. The maximum absolute atomic E-state index is 12.0. The molecule has 0 fully saturated rings. The fourth-order valence-electron chi connectivity index (χ4n) is 1.58.